The lowest BCUT2D eigenvalue weighted by atomic mass is 9.76. The number of benzene rings is 3. The van der Waals surface area contributed by atoms with Crippen molar-refractivity contribution >= 4 is 27.8 Å². The van der Waals surface area contributed by atoms with Crippen LogP contribution in [0.1, 0.15) is 94.6 Å². The van der Waals surface area contributed by atoms with Crippen LogP contribution in [0.25, 0.3) is 61.5 Å². The van der Waals surface area contributed by atoms with Gasteiger partial charge in [0.1, 0.15) is 0 Å². The molecule has 3 aromatic carbocycles. The zero-order valence-corrected chi connectivity index (χ0v) is 32.4. The van der Waals surface area contributed by atoms with E-state index in [1.807, 2.05) is 0 Å². The first-order valence-corrected chi connectivity index (χ1v) is 19.3. The summed E-state index contributed by atoms with van der Waals surface area (Å²) in [7, 11) is 0. The maximum Gasteiger partial charge on any atom is 0.227 e. The van der Waals surface area contributed by atoms with Crippen molar-refractivity contribution < 1.29 is 13.6 Å². The van der Waals surface area contributed by atoms with E-state index >= 15 is 0 Å². The largest absolute Gasteiger partial charge is 0.437 e. The Morgan fingerprint density at radius 1 is 0.755 bits per heavy atom. The lowest BCUT2D eigenvalue weighted by Crippen LogP contribution is -2.49. The molecule has 2 unspecified atom stereocenters. The van der Waals surface area contributed by atoms with Crippen LogP contribution in [0.3, 0.4) is 0 Å². The Balaban J connectivity index is 1.30. The third kappa shape index (κ3) is 5.29. The molecule has 0 aliphatic carbocycles. The molecule has 2 aliphatic rings. The molecule has 0 bridgehead atoms. The average Bonchev–Trinajstić information content (AvgIpc) is 3.49. The van der Waals surface area contributed by atoms with Gasteiger partial charge in [0, 0.05) is 58.0 Å². The number of rotatable bonds is 2. The van der Waals surface area contributed by atoms with Crippen LogP contribution in [0.4, 0.5) is 0 Å². The number of nitrogens with zero attached hydrogens (tertiary/aromatic N) is 3. The van der Waals surface area contributed by atoms with E-state index in [9.17, 15) is 0 Å². The fourth-order valence-corrected chi connectivity index (χ4v) is 9.48. The summed E-state index contributed by atoms with van der Waals surface area (Å²) in [5.41, 5.74) is 21.6. The molecule has 2 aliphatic heterocycles. The first kappa shape index (κ1) is 33.5. The van der Waals surface area contributed by atoms with Crippen molar-refractivity contribution in [3.05, 3.63) is 142 Å². The van der Waals surface area contributed by atoms with E-state index in [-0.39, 0.29) is 12.0 Å². The molecule has 0 saturated carbocycles. The molecule has 0 N–H and O–H groups in total. The van der Waals surface area contributed by atoms with Gasteiger partial charge < -0.3 is 4.42 Å². The number of fused-ring (bicyclic) bond motifs is 13. The lowest BCUT2D eigenvalue weighted by molar-refractivity contribution is -0.719. The van der Waals surface area contributed by atoms with E-state index in [1.54, 1.807) is 0 Å². The van der Waals surface area contributed by atoms with Crippen LogP contribution >= 0.6 is 0 Å². The SMILES string of the molecule is C=C1CC2c3cc(C)ccc3-c3cc(C)c(C)c[n+]3C2CCc2ccc3c(oc4nc(-c5c(C)cccc5C)ccc43)c2-c2cc(C(C)C)c(C)c[n+]21. The second-order valence-corrected chi connectivity index (χ2v) is 16.2. The maximum atomic E-state index is 6.98. The highest BCUT2D eigenvalue weighted by Crippen LogP contribution is 2.46. The monoisotopic (exact) mass is 695 g/mol. The molecule has 0 amide bonds. The summed E-state index contributed by atoms with van der Waals surface area (Å²) in [6, 6.07) is 27.6. The number of allylic oxidation sites excluding steroid dienone is 1. The van der Waals surface area contributed by atoms with Crippen molar-refractivity contribution in [3.8, 4) is 33.8 Å². The van der Waals surface area contributed by atoms with E-state index in [0.717, 1.165) is 58.3 Å². The molecule has 9 rings (SSSR count). The molecule has 4 heteroatoms. The molecular weight excluding hydrogens is 647 g/mol. The van der Waals surface area contributed by atoms with Crippen molar-refractivity contribution in [2.24, 2.45) is 0 Å². The van der Waals surface area contributed by atoms with E-state index in [0.29, 0.717) is 11.6 Å². The van der Waals surface area contributed by atoms with Crippen LogP contribution < -0.4 is 9.13 Å². The molecule has 0 saturated heterocycles. The molecule has 53 heavy (non-hydrogen) atoms. The zero-order chi connectivity index (χ0) is 36.9. The van der Waals surface area contributed by atoms with Gasteiger partial charge in [0.05, 0.1) is 17.2 Å². The Morgan fingerprint density at radius 3 is 2.30 bits per heavy atom. The van der Waals surface area contributed by atoms with Gasteiger partial charge in [-0.05, 0) is 112 Å². The van der Waals surface area contributed by atoms with Gasteiger partial charge in [0.2, 0.25) is 17.1 Å². The molecule has 6 heterocycles. The highest BCUT2D eigenvalue weighted by molar-refractivity contribution is 6.09. The zero-order valence-electron chi connectivity index (χ0n) is 32.4. The smallest absolute Gasteiger partial charge is 0.227 e. The highest BCUT2D eigenvalue weighted by atomic mass is 16.3. The van der Waals surface area contributed by atoms with Gasteiger partial charge in [0.25, 0.3) is 0 Å². The topological polar surface area (TPSA) is 33.8 Å². The average molecular weight is 696 g/mol. The Hall–Kier alpha value is -5.35. The fourth-order valence-electron chi connectivity index (χ4n) is 9.48. The van der Waals surface area contributed by atoms with E-state index in [2.05, 4.69) is 150 Å². The Kier molecular flexibility index (Phi) is 7.82. The summed E-state index contributed by atoms with van der Waals surface area (Å²) in [4.78, 5) is 5.19. The summed E-state index contributed by atoms with van der Waals surface area (Å²) in [5, 5.41) is 2.15. The number of furan rings is 1. The summed E-state index contributed by atoms with van der Waals surface area (Å²) in [5.74, 6) is 0.660. The van der Waals surface area contributed by atoms with Crippen molar-refractivity contribution in [3.63, 3.8) is 0 Å². The second-order valence-electron chi connectivity index (χ2n) is 16.2. The van der Waals surface area contributed by atoms with Gasteiger partial charge in [-0.25, -0.2) is 4.98 Å². The summed E-state index contributed by atoms with van der Waals surface area (Å²) >= 11 is 0. The molecule has 264 valence electrons. The molecule has 0 radical (unpaired) electrons. The summed E-state index contributed by atoms with van der Waals surface area (Å²) < 4.78 is 12.0. The van der Waals surface area contributed by atoms with Gasteiger partial charge in [-0.1, -0.05) is 61.9 Å². The quantitative estimate of drug-likeness (QED) is 0.169. The minimum atomic E-state index is 0.273. The van der Waals surface area contributed by atoms with Crippen molar-refractivity contribution in [2.45, 2.75) is 92.5 Å². The molecule has 0 fully saturated rings. The third-order valence-electron chi connectivity index (χ3n) is 12.3. The number of aromatic nitrogens is 3. The van der Waals surface area contributed by atoms with Gasteiger partial charge in [-0.15, -0.1) is 0 Å². The van der Waals surface area contributed by atoms with E-state index in [1.165, 1.54) is 66.9 Å². The third-order valence-corrected chi connectivity index (χ3v) is 12.3. The van der Waals surface area contributed by atoms with Gasteiger partial charge >= 0.3 is 0 Å². The van der Waals surface area contributed by atoms with E-state index in [4.69, 9.17) is 16.0 Å². The van der Waals surface area contributed by atoms with Crippen molar-refractivity contribution in [1.29, 1.82) is 0 Å². The number of hydrogen-bond acceptors (Lipinski definition) is 2. The molecule has 4 nitrogen and oxygen atoms in total. The minimum absolute atomic E-state index is 0.273. The molecule has 2 atom stereocenters. The van der Waals surface area contributed by atoms with Crippen LogP contribution in [0.15, 0.2) is 96.2 Å². The van der Waals surface area contributed by atoms with Gasteiger partial charge in [-0.2, -0.15) is 9.13 Å². The number of aryl methyl sites for hydroxylation is 7. The van der Waals surface area contributed by atoms with Crippen LogP contribution in [0.5, 0.6) is 0 Å². The normalized spacial score (nSPS) is 16.7. The van der Waals surface area contributed by atoms with Crippen molar-refractivity contribution in [2.75, 3.05) is 0 Å². The Morgan fingerprint density at radius 2 is 1.53 bits per heavy atom. The number of pyridine rings is 3. The van der Waals surface area contributed by atoms with Crippen molar-refractivity contribution in [1.82, 2.24) is 4.98 Å². The lowest BCUT2D eigenvalue weighted by Gasteiger charge is -2.32. The predicted molar refractivity (Wildman–Crippen MR) is 217 cm³/mol. The molecule has 4 aromatic heterocycles. The molecule has 0 spiro atoms. The molecule has 7 aromatic rings. The number of hydrogen-bond donors (Lipinski definition) is 0. The first-order valence-electron chi connectivity index (χ1n) is 19.3. The first-order chi connectivity index (χ1) is 25.5. The molecular formula is C49H49N3O+2. The standard InChI is InChI=1S/C49H49N3O/c1-27(2)39-24-45-47-35(14-17-37-38-18-19-42(50-49(38)53-48(37)47)46-29(4)11-10-12-30(46)5)15-20-43-41(23-34(9)51(45)26-33(39)8)40-21-28(3)13-16-36(40)44-22-31(6)32(7)25-52(43)44/h10-14,16-19,21-22,24-27,41,43H,9,15,20,23H2,1-8H3/q+2. The van der Waals surface area contributed by atoms with E-state index < -0.39 is 0 Å². The summed E-state index contributed by atoms with van der Waals surface area (Å²) in [6.45, 7) is 22.7. The highest BCUT2D eigenvalue weighted by Gasteiger charge is 2.43. The van der Waals surface area contributed by atoms with Crippen LogP contribution in [-0.2, 0) is 6.42 Å². The predicted octanol–water partition coefficient (Wildman–Crippen LogP) is 11.7. The summed E-state index contributed by atoms with van der Waals surface area (Å²) in [6.07, 6.45) is 7.51. The van der Waals surface area contributed by atoms with Gasteiger partial charge in [0.15, 0.2) is 29.7 Å². The Labute approximate surface area is 313 Å². The fraction of sp³-hybridized carbons (Fsp3) is 0.286. The van der Waals surface area contributed by atoms with Crippen LogP contribution in [-0.4, -0.2) is 4.98 Å². The Bertz CT molecular complexity index is 2650. The van der Waals surface area contributed by atoms with Crippen LogP contribution in [0.2, 0.25) is 0 Å². The minimum Gasteiger partial charge on any atom is -0.437 e. The maximum absolute atomic E-state index is 6.98. The second kappa shape index (κ2) is 12.4. The van der Waals surface area contributed by atoms with Gasteiger partial charge in [-0.3, -0.25) is 0 Å². The van der Waals surface area contributed by atoms with Crippen LogP contribution in [0, 0.1) is 41.5 Å².